The smallest absolute Gasteiger partial charge is 0.258 e. The number of imidazole rings is 1. The average molecular weight is 444 g/mol. The molecule has 4 rings (SSSR count). The molecule has 0 amide bonds. The van der Waals surface area contributed by atoms with Crippen molar-refractivity contribution in [3.05, 3.63) is 69.1 Å². The minimum Gasteiger partial charge on any atom is -0.325 e. The zero-order valence-electron chi connectivity index (χ0n) is 20.4. The monoisotopic (exact) mass is 443 g/mol. The number of pyridine rings is 1. The van der Waals surface area contributed by atoms with Crippen molar-refractivity contribution in [1.82, 2.24) is 19.4 Å². The quantitative estimate of drug-likeness (QED) is 0.399. The Balaban J connectivity index is 1.81. The number of aromatic nitrogens is 3. The summed E-state index contributed by atoms with van der Waals surface area (Å²) in [5.41, 5.74) is 6.82. The van der Waals surface area contributed by atoms with Crippen molar-refractivity contribution >= 4 is 39.5 Å². The van der Waals surface area contributed by atoms with E-state index in [4.69, 9.17) is 4.98 Å². The molecule has 0 spiro atoms. The summed E-state index contributed by atoms with van der Waals surface area (Å²) >= 11 is 0. The lowest BCUT2D eigenvalue weighted by Gasteiger charge is -2.15. The number of anilines is 2. The number of nitrogens with one attached hydrogen (secondary N) is 2. The molecular weight excluding hydrogens is 410 g/mol. The van der Waals surface area contributed by atoms with Gasteiger partial charge in [0.1, 0.15) is 0 Å². The molecule has 0 bridgehead atoms. The number of H-pyrrole nitrogens is 1. The molecule has 6 heteroatoms. The van der Waals surface area contributed by atoms with Crippen LogP contribution in [0.25, 0.3) is 27.9 Å². The van der Waals surface area contributed by atoms with Crippen LogP contribution < -0.4 is 10.9 Å². The summed E-state index contributed by atoms with van der Waals surface area (Å²) in [4.78, 5) is 23.5. The van der Waals surface area contributed by atoms with Gasteiger partial charge < -0.3 is 19.8 Å². The first kappa shape index (κ1) is 22.8. The standard InChI is InChI=1S/C27H33N5O/c1-7-32(8-2)16-10-13-21-19(5)20-14-15-22-25(23(20)26(33)28-21)31(6)27(29-22)30-24-17(3)11-9-12-18(24)4/h9-15H,7-8,16H2,1-6H3,(H,28,33)(H,29,30). The molecule has 2 aromatic heterocycles. The largest absolute Gasteiger partial charge is 0.325 e. The Morgan fingerprint density at radius 3 is 2.45 bits per heavy atom. The molecule has 172 valence electrons. The Morgan fingerprint density at radius 2 is 1.79 bits per heavy atom. The molecule has 0 radical (unpaired) electrons. The van der Waals surface area contributed by atoms with E-state index in [1.165, 1.54) is 0 Å². The van der Waals surface area contributed by atoms with Crippen LogP contribution >= 0.6 is 0 Å². The number of hydrogen-bond acceptors (Lipinski definition) is 4. The van der Waals surface area contributed by atoms with Gasteiger partial charge in [0.2, 0.25) is 5.95 Å². The molecule has 0 saturated carbocycles. The highest BCUT2D eigenvalue weighted by atomic mass is 16.1. The minimum atomic E-state index is -0.0923. The summed E-state index contributed by atoms with van der Waals surface area (Å²) in [6, 6.07) is 10.2. The number of nitrogens with zero attached hydrogens (tertiary/aromatic N) is 3. The van der Waals surface area contributed by atoms with Crippen LogP contribution in [0.4, 0.5) is 11.6 Å². The maximum absolute atomic E-state index is 13.2. The van der Waals surface area contributed by atoms with Gasteiger partial charge in [0, 0.05) is 25.0 Å². The maximum atomic E-state index is 13.2. The second kappa shape index (κ2) is 9.24. The van der Waals surface area contributed by atoms with E-state index in [2.05, 4.69) is 74.1 Å². The Labute approximate surface area is 195 Å². The SMILES string of the molecule is CCN(CC)CC=Cc1[nH]c(=O)c2c(ccc3nc(Nc4c(C)cccc4C)n(C)c32)c1C. The minimum absolute atomic E-state index is 0.0923. The van der Waals surface area contributed by atoms with E-state index < -0.39 is 0 Å². The first-order valence-electron chi connectivity index (χ1n) is 11.6. The second-order valence-electron chi connectivity index (χ2n) is 8.62. The van der Waals surface area contributed by atoms with Crippen LogP contribution in [-0.4, -0.2) is 39.1 Å². The van der Waals surface area contributed by atoms with Gasteiger partial charge in [-0.15, -0.1) is 0 Å². The van der Waals surface area contributed by atoms with Gasteiger partial charge in [-0.2, -0.15) is 0 Å². The molecule has 33 heavy (non-hydrogen) atoms. The molecule has 0 saturated heterocycles. The van der Waals surface area contributed by atoms with Gasteiger partial charge in [-0.05, 0) is 68.1 Å². The fraction of sp³-hybridized carbons (Fsp3) is 0.333. The molecule has 2 heterocycles. The van der Waals surface area contributed by atoms with Crippen molar-refractivity contribution in [3.63, 3.8) is 0 Å². The molecular formula is C27H33N5O. The van der Waals surface area contributed by atoms with E-state index in [0.29, 0.717) is 5.39 Å². The number of para-hydroxylation sites is 1. The molecule has 4 aromatic rings. The number of rotatable bonds is 7. The van der Waals surface area contributed by atoms with Crippen LogP contribution in [0.2, 0.25) is 0 Å². The van der Waals surface area contributed by atoms with Crippen LogP contribution in [0, 0.1) is 20.8 Å². The molecule has 2 N–H and O–H groups in total. The van der Waals surface area contributed by atoms with Crippen LogP contribution in [0.3, 0.4) is 0 Å². The topological polar surface area (TPSA) is 66.0 Å². The third-order valence-electron chi connectivity index (χ3n) is 6.58. The average Bonchev–Trinajstić information content (AvgIpc) is 3.12. The highest BCUT2D eigenvalue weighted by molar-refractivity contribution is 6.06. The fourth-order valence-corrected chi connectivity index (χ4v) is 4.47. The van der Waals surface area contributed by atoms with E-state index in [0.717, 1.165) is 70.1 Å². The first-order valence-corrected chi connectivity index (χ1v) is 11.6. The van der Waals surface area contributed by atoms with Crippen molar-refractivity contribution < 1.29 is 0 Å². The van der Waals surface area contributed by atoms with Gasteiger partial charge in [0.15, 0.2) is 0 Å². The summed E-state index contributed by atoms with van der Waals surface area (Å²) in [6.45, 7) is 13.4. The molecule has 0 unspecified atom stereocenters. The first-order chi connectivity index (χ1) is 15.8. The van der Waals surface area contributed by atoms with Crippen LogP contribution in [0.15, 0.2) is 41.2 Å². The summed E-state index contributed by atoms with van der Waals surface area (Å²) in [6.07, 6.45) is 4.14. The van der Waals surface area contributed by atoms with E-state index >= 15 is 0 Å². The highest BCUT2D eigenvalue weighted by Gasteiger charge is 2.17. The van der Waals surface area contributed by atoms with Crippen molar-refractivity contribution in [2.45, 2.75) is 34.6 Å². The number of likely N-dealkylation sites (N-methyl/N-ethyl adjacent to an activating group) is 1. The van der Waals surface area contributed by atoms with Crippen LogP contribution in [0.5, 0.6) is 0 Å². The Morgan fingerprint density at radius 1 is 1.09 bits per heavy atom. The van der Waals surface area contributed by atoms with Crippen LogP contribution in [0.1, 0.15) is 36.2 Å². The molecule has 0 aliphatic heterocycles. The lowest BCUT2D eigenvalue weighted by atomic mass is 10.0. The van der Waals surface area contributed by atoms with E-state index in [9.17, 15) is 4.79 Å². The number of benzene rings is 2. The molecule has 6 nitrogen and oxygen atoms in total. The number of aromatic amines is 1. The zero-order valence-corrected chi connectivity index (χ0v) is 20.4. The van der Waals surface area contributed by atoms with E-state index in [1.807, 2.05) is 29.8 Å². The third-order valence-corrected chi connectivity index (χ3v) is 6.58. The van der Waals surface area contributed by atoms with E-state index in [1.54, 1.807) is 0 Å². The van der Waals surface area contributed by atoms with Crippen molar-refractivity contribution in [1.29, 1.82) is 0 Å². The zero-order chi connectivity index (χ0) is 23.7. The third kappa shape index (κ3) is 4.18. The van der Waals surface area contributed by atoms with Gasteiger partial charge >= 0.3 is 0 Å². The fourth-order valence-electron chi connectivity index (χ4n) is 4.47. The van der Waals surface area contributed by atoms with Crippen LogP contribution in [-0.2, 0) is 7.05 Å². The lowest BCUT2D eigenvalue weighted by molar-refractivity contribution is 0.338. The summed E-state index contributed by atoms with van der Waals surface area (Å²) in [5.74, 6) is 0.718. The van der Waals surface area contributed by atoms with E-state index in [-0.39, 0.29) is 5.56 Å². The summed E-state index contributed by atoms with van der Waals surface area (Å²) in [5, 5.41) is 5.11. The molecule has 0 atom stereocenters. The molecule has 2 aromatic carbocycles. The van der Waals surface area contributed by atoms with Gasteiger partial charge in [0.25, 0.3) is 5.56 Å². The van der Waals surface area contributed by atoms with Gasteiger partial charge in [-0.1, -0.05) is 44.2 Å². The number of fused-ring (bicyclic) bond motifs is 3. The van der Waals surface area contributed by atoms with Crippen molar-refractivity contribution in [2.75, 3.05) is 25.0 Å². The Kier molecular flexibility index (Phi) is 6.38. The predicted molar refractivity (Wildman–Crippen MR) is 140 cm³/mol. The lowest BCUT2D eigenvalue weighted by Crippen LogP contribution is -2.22. The highest BCUT2D eigenvalue weighted by Crippen LogP contribution is 2.30. The number of hydrogen-bond donors (Lipinski definition) is 2. The summed E-state index contributed by atoms with van der Waals surface area (Å²) < 4.78 is 1.98. The van der Waals surface area contributed by atoms with Crippen molar-refractivity contribution in [3.8, 4) is 0 Å². The number of aryl methyl sites for hydroxylation is 4. The molecule has 0 fully saturated rings. The second-order valence-corrected chi connectivity index (χ2v) is 8.62. The van der Waals surface area contributed by atoms with Crippen molar-refractivity contribution in [2.24, 2.45) is 7.05 Å². The van der Waals surface area contributed by atoms with Gasteiger partial charge in [-0.25, -0.2) is 4.98 Å². The van der Waals surface area contributed by atoms with Gasteiger partial charge in [0.05, 0.1) is 16.4 Å². The van der Waals surface area contributed by atoms with Gasteiger partial charge in [-0.3, -0.25) is 4.79 Å². The Hall–Kier alpha value is -3.38. The predicted octanol–water partition coefficient (Wildman–Crippen LogP) is 5.44. The molecule has 0 aliphatic rings. The maximum Gasteiger partial charge on any atom is 0.258 e. The normalized spacial score (nSPS) is 12.0. The summed E-state index contributed by atoms with van der Waals surface area (Å²) in [7, 11) is 1.96. The Bertz CT molecular complexity index is 1390. The molecule has 0 aliphatic carbocycles.